The van der Waals surface area contributed by atoms with Crippen LogP contribution in [0.25, 0.3) is 0 Å². The molecule has 1 fully saturated rings. The summed E-state index contributed by atoms with van der Waals surface area (Å²) in [6.07, 6.45) is 1.07. The first-order chi connectivity index (χ1) is 13.3. The van der Waals surface area contributed by atoms with Crippen molar-refractivity contribution in [1.82, 2.24) is 14.9 Å². The van der Waals surface area contributed by atoms with Crippen molar-refractivity contribution in [2.45, 2.75) is 33.2 Å². The van der Waals surface area contributed by atoms with Crippen molar-refractivity contribution >= 4 is 40.0 Å². The summed E-state index contributed by atoms with van der Waals surface area (Å²) < 4.78 is 31.5. The predicted octanol–water partition coefficient (Wildman–Crippen LogP) is 2.39. The fourth-order valence-corrected chi connectivity index (χ4v) is 4.47. The summed E-state index contributed by atoms with van der Waals surface area (Å²) in [5.41, 5.74) is 2.50. The highest BCUT2D eigenvalue weighted by Crippen LogP contribution is 2.15. The fourth-order valence-electron chi connectivity index (χ4n) is 3.15. The smallest absolute Gasteiger partial charge is 0.215 e. The molecule has 0 aliphatic carbocycles. The molecule has 0 saturated carbocycles. The van der Waals surface area contributed by atoms with Gasteiger partial charge in [0.05, 0.1) is 25.0 Å². The van der Waals surface area contributed by atoms with E-state index in [1.54, 1.807) is 7.05 Å². The van der Waals surface area contributed by atoms with Gasteiger partial charge in [-0.3, -0.25) is 4.99 Å². The highest BCUT2D eigenvalue weighted by Gasteiger charge is 2.23. The molecule has 1 aliphatic rings. The molecule has 0 radical (unpaired) electrons. The number of halogens is 1. The molecular weight excluding hydrogens is 503 g/mol. The van der Waals surface area contributed by atoms with Crippen molar-refractivity contribution in [2.75, 3.05) is 45.6 Å². The van der Waals surface area contributed by atoms with Crippen LogP contribution < -0.4 is 10.6 Å². The van der Waals surface area contributed by atoms with Crippen LogP contribution in [0.5, 0.6) is 0 Å². The molecule has 1 saturated heterocycles. The van der Waals surface area contributed by atoms with Gasteiger partial charge >= 0.3 is 0 Å². The Labute approximate surface area is 192 Å². The van der Waals surface area contributed by atoms with Crippen LogP contribution in [-0.4, -0.2) is 64.3 Å². The number of aliphatic imine (C=N–C) groups is 1. The Morgan fingerprint density at radius 1 is 1.17 bits per heavy atom. The second kappa shape index (κ2) is 12.7. The van der Waals surface area contributed by atoms with Gasteiger partial charge in [-0.15, -0.1) is 24.0 Å². The molecule has 2 rings (SSSR count). The summed E-state index contributed by atoms with van der Waals surface area (Å²) >= 11 is 0. The zero-order valence-corrected chi connectivity index (χ0v) is 21.0. The second-order valence-electron chi connectivity index (χ2n) is 7.53. The average Bonchev–Trinajstić information content (AvgIpc) is 2.67. The van der Waals surface area contributed by atoms with E-state index in [0.717, 1.165) is 12.0 Å². The van der Waals surface area contributed by atoms with E-state index < -0.39 is 10.0 Å². The summed E-state index contributed by atoms with van der Waals surface area (Å²) in [6, 6.07) is 8.66. The van der Waals surface area contributed by atoms with Gasteiger partial charge < -0.3 is 15.4 Å². The summed E-state index contributed by atoms with van der Waals surface area (Å²) in [6.45, 7) is 8.58. The maximum atomic E-state index is 12.4. The van der Waals surface area contributed by atoms with Gasteiger partial charge in [-0.1, -0.05) is 38.1 Å². The molecule has 1 aliphatic heterocycles. The van der Waals surface area contributed by atoms with Crippen LogP contribution in [0.1, 0.15) is 37.9 Å². The molecule has 29 heavy (non-hydrogen) atoms. The van der Waals surface area contributed by atoms with Gasteiger partial charge in [0, 0.05) is 26.7 Å². The lowest BCUT2D eigenvalue weighted by molar-refractivity contribution is 0.0730. The lowest BCUT2D eigenvalue weighted by atomic mass is 10.00. The van der Waals surface area contributed by atoms with E-state index in [0.29, 0.717) is 44.7 Å². The van der Waals surface area contributed by atoms with E-state index >= 15 is 0 Å². The van der Waals surface area contributed by atoms with Crippen molar-refractivity contribution in [2.24, 2.45) is 10.9 Å². The summed E-state index contributed by atoms with van der Waals surface area (Å²) in [4.78, 5) is 4.21. The molecule has 1 atom stereocenters. The summed E-state index contributed by atoms with van der Waals surface area (Å²) in [5.74, 6) is 1.26. The quantitative estimate of drug-likeness (QED) is 0.302. The second-order valence-corrected chi connectivity index (χ2v) is 9.62. The summed E-state index contributed by atoms with van der Waals surface area (Å²) in [5, 5.41) is 6.42. The van der Waals surface area contributed by atoms with Gasteiger partial charge in [-0.2, -0.15) is 4.31 Å². The topological polar surface area (TPSA) is 83.0 Å². The molecule has 9 heteroatoms. The molecule has 1 aromatic carbocycles. The Morgan fingerprint density at radius 2 is 1.79 bits per heavy atom. The molecule has 1 aromatic rings. The van der Waals surface area contributed by atoms with E-state index in [-0.39, 0.29) is 35.8 Å². The Hall–Kier alpha value is -0.910. The Morgan fingerprint density at radius 3 is 2.34 bits per heavy atom. The van der Waals surface area contributed by atoms with E-state index in [9.17, 15) is 8.42 Å². The van der Waals surface area contributed by atoms with Crippen molar-refractivity contribution in [3.8, 4) is 0 Å². The standard InChI is InChI=1S/C20H34N4O3S.HI/c1-16(2)15-18-5-7-19(8-6-18)17(3)23-20(21-4)22-9-14-28(25,26)24-10-12-27-13-11-24;/h5-8,16-17H,9-15H2,1-4H3,(H2,21,22,23);1H. The number of nitrogens with zero attached hydrogens (tertiary/aromatic N) is 2. The molecule has 166 valence electrons. The first-order valence-electron chi connectivity index (χ1n) is 9.93. The number of rotatable bonds is 8. The van der Waals surface area contributed by atoms with Crippen LogP contribution in [0.2, 0.25) is 0 Å². The molecule has 7 nitrogen and oxygen atoms in total. The molecule has 0 spiro atoms. The first-order valence-corrected chi connectivity index (χ1v) is 11.5. The minimum absolute atomic E-state index is 0. The first kappa shape index (κ1) is 26.1. The number of hydrogen-bond acceptors (Lipinski definition) is 4. The molecule has 1 unspecified atom stereocenters. The van der Waals surface area contributed by atoms with Gasteiger partial charge in [0.25, 0.3) is 0 Å². The molecule has 0 amide bonds. The van der Waals surface area contributed by atoms with Crippen molar-refractivity contribution in [3.63, 3.8) is 0 Å². The van der Waals surface area contributed by atoms with Gasteiger partial charge in [0.15, 0.2) is 5.96 Å². The van der Waals surface area contributed by atoms with Gasteiger partial charge in [-0.25, -0.2) is 8.42 Å². The molecule has 0 aromatic heterocycles. The number of ether oxygens (including phenoxy) is 1. The maximum absolute atomic E-state index is 12.4. The van der Waals surface area contributed by atoms with Crippen LogP contribution in [0.4, 0.5) is 0 Å². The minimum Gasteiger partial charge on any atom is -0.379 e. The molecule has 2 N–H and O–H groups in total. The van der Waals surface area contributed by atoms with Gasteiger partial charge in [0.1, 0.15) is 0 Å². The average molecular weight is 538 g/mol. The number of benzene rings is 1. The zero-order chi connectivity index (χ0) is 20.6. The van der Waals surface area contributed by atoms with Crippen LogP contribution in [0.3, 0.4) is 0 Å². The molecule has 1 heterocycles. The third-order valence-electron chi connectivity index (χ3n) is 4.72. The lowest BCUT2D eigenvalue weighted by Gasteiger charge is -2.26. The number of nitrogens with one attached hydrogen (secondary N) is 2. The van der Waals surface area contributed by atoms with Crippen LogP contribution in [0, 0.1) is 5.92 Å². The number of hydrogen-bond donors (Lipinski definition) is 2. The van der Waals surface area contributed by atoms with Crippen molar-refractivity contribution < 1.29 is 13.2 Å². The Balaban J connectivity index is 0.00000420. The van der Waals surface area contributed by atoms with Crippen molar-refractivity contribution in [1.29, 1.82) is 0 Å². The fraction of sp³-hybridized carbons (Fsp3) is 0.650. The zero-order valence-electron chi connectivity index (χ0n) is 17.8. The van der Waals surface area contributed by atoms with Crippen LogP contribution >= 0.6 is 24.0 Å². The summed E-state index contributed by atoms with van der Waals surface area (Å²) in [7, 11) is -1.59. The Kier molecular flexibility index (Phi) is 11.4. The van der Waals surface area contributed by atoms with Crippen LogP contribution in [-0.2, 0) is 21.2 Å². The SMILES string of the molecule is CN=C(NCCS(=O)(=O)N1CCOCC1)NC(C)c1ccc(CC(C)C)cc1.I. The van der Waals surface area contributed by atoms with E-state index in [1.807, 2.05) is 0 Å². The highest BCUT2D eigenvalue weighted by atomic mass is 127. The highest BCUT2D eigenvalue weighted by molar-refractivity contribution is 14.0. The Bertz CT molecular complexity index is 733. The third kappa shape index (κ3) is 8.77. The van der Waals surface area contributed by atoms with Gasteiger partial charge in [-0.05, 0) is 30.4 Å². The largest absolute Gasteiger partial charge is 0.379 e. The molecular formula is C20H35IN4O3S. The third-order valence-corrected chi connectivity index (χ3v) is 6.59. The van der Waals surface area contributed by atoms with E-state index in [2.05, 4.69) is 60.7 Å². The minimum atomic E-state index is -3.27. The molecule has 0 bridgehead atoms. The number of morpholine rings is 1. The van der Waals surface area contributed by atoms with E-state index in [4.69, 9.17) is 4.74 Å². The van der Waals surface area contributed by atoms with Gasteiger partial charge in [0.2, 0.25) is 10.0 Å². The van der Waals surface area contributed by atoms with Crippen LogP contribution in [0.15, 0.2) is 29.3 Å². The van der Waals surface area contributed by atoms with E-state index in [1.165, 1.54) is 9.87 Å². The number of guanidine groups is 1. The number of sulfonamides is 1. The van der Waals surface area contributed by atoms with Crippen molar-refractivity contribution in [3.05, 3.63) is 35.4 Å². The lowest BCUT2D eigenvalue weighted by Crippen LogP contribution is -2.45. The maximum Gasteiger partial charge on any atom is 0.215 e. The normalized spacial score (nSPS) is 16.9. The monoisotopic (exact) mass is 538 g/mol. The predicted molar refractivity (Wildman–Crippen MR) is 129 cm³/mol.